The zero-order valence-electron chi connectivity index (χ0n) is 13.8. The van der Waals surface area contributed by atoms with Crippen LogP contribution in [0.3, 0.4) is 0 Å². The van der Waals surface area contributed by atoms with Crippen LogP contribution in [0.25, 0.3) is 0 Å². The molecule has 0 aliphatic rings. The van der Waals surface area contributed by atoms with Crippen molar-refractivity contribution >= 4 is 15.9 Å². The molecule has 0 unspecified atom stereocenters. The number of carbonyl (C=O) groups excluding carboxylic acids is 1. The second kappa shape index (κ2) is 7.71. The van der Waals surface area contributed by atoms with Crippen molar-refractivity contribution in [3.8, 4) is 0 Å². The number of rotatable bonds is 6. The van der Waals surface area contributed by atoms with Crippen LogP contribution in [0.4, 0.5) is 8.78 Å². The molecule has 0 atom stereocenters. The summed E-state index contributed by atoms with van der Waals surface area (Å²) in [5.41, 5.74) is 0.699. The summed E-state index contributed by atoms with van der Waals surface area (Å²) in [6, 6.07) is 8.15. The first kappa shape index (κ1) is 19.0. The molecule has 8 heteroatoms. The third-order valence-corrected chi connectivity index (χ3v) is 5.13. The van der Waals surface area contributed by atoms with Crippen LogP contribution in [0.2, 0.25) is 0 Å². The Morgan fingerprint density at radius 1 is 1.04 bits per heavy atom. The number of benzene rings is 2. The molecule has 0 bridgehead atoms. The monoisotopic (exact) mass is 368 g/mol. The third-order valence-electron chi connectivity index (χ3n) is 3.53. The fourth-order valence-electron chi connectivity index (χ4n) is 2.24. The highest BCUT2D eigenvalue weighted by Gasteiger charge is 2.18. The molecule has 2 rings (SSSR count). The molecule has 2 N–H and O–H groups in total. The minimum absolute atomic E-state index is 0.114. The first-order valence-electron chi connectivity index (χ1n) is 7.51. The molecule has 0 aliphatic heterocycles. The van der Waals surface area contributed by atoms with Gasteiger partial charge in [-0.05, 0) is 43.2 Å². The number of hydrogen-bond donors (Lipinski definition) is 2. The van der Waals surface area contributed by atoms with Gasteiger partial charge in [0, 0.05) is 13.1 Å². The Morgan fingerprint density at radius 3 is 2.32 bits per heavy atom. The Balaban J connectivity index is 1.97. The molecule has 2 aromatic rings. The second-order valence-corrected chi connectivity index (χ2v) is 7.25. The van der Waals surface area contributed by atoms with E-state index in [4.69, 9.17) is 0 Å². The van der Waals surface area contributed by atoms with Crippen LogP contribution in [0, 0.1) is 25.5 Å². The first-order valence-corrected chi connectivity index (χ1v) is 9.00. The van der Waals surface area contributed by atoms with Gasteiger partial charge < -0.3 is 5.32 Å². The van der Waals surface area contributed by atoms with E-state index < -0.39 is 33.1 Å². The fraction of sp³-hybridized carbons (Fsp3) is 0.235. The van der Waals surface area contributed by atoms with E-state index in [1.54, 1.807) is 32.0 Å². The molecule has 0 saturated heterocycles. The van der Waals surface area contributed by atoms with Gasteiger partial charge in [-0.25, -0.2) is 21.9 Å². The number of aryl methyl sites for hydroxylation is 2. The molecule has 134 valence electrons. The Morgan fingerprint density at radius 2 is 1.68 bits per heavy atom. The highest BCUT2D eigenvalue weighted by atomic mass is 32.2. The Bertz CT molecular complexity index is 879. The van der Waals surface area contributed by atoms with Crippen molar-refractivity contribution in [3.05, 3.63) is 64.7 Å². The van der Waals surface area contributed by atoms with E-state index >= 15 is 0 Å². The molecule has 5 nitrogen and oxygen atoms in total. The predicted octanol–water partition coefficient (Wildman–Crippen LogP) is 2.29. The SMILES string of the molecule is Cc1ccc(C)c(S(=O)(=O)NCCNC(=O)c2c(F)cccc2F)c1. The molecule has 0 radical (unpaired) electrons. The van der Waals surface area contributed by atoms with E-state index in [0.29, 0.717) is 5.56 Å². The number of hydrogen-bond acceptors (Lipinski definition) is 3. The minimum Gasteiger partial charge on any atom is -0.351 e. The van der Waals surface area contributed by atoms with Crippen molar-refractivity contribution in [2.24, 2.45) is 0 Å². The summed E-state index contributed by atoms with van der Waals surface area (Å²) >= 11 is 0. The average molecular weight is 368 g/mol. The third kappa shape index (κ3) is 4.61. The number of nitrogens with one attached hydrogen (secondary N) is 2. The summed E-state index contributed by atoms with van der Waals surface area (Å²) in [5.74, 6) is -2.90. The molecule has 0 fully saturated rings. The van der Waals surface area contributed by atoms with E-state index in [1.165, 1.54) is 0 Å². The topological polar surface area (TPSA) is 75.3 Å². The highest BCUT2D eigenvalue weighted by molar-refractivity contribution is 7.89. The van der Waals surface area contributed by atoms with E-state index in [1.807, 2.05) is 0 Å². The van der Waals surface area contributed by atoms with E-state index in [-0.39, 0.29) is 18.0 Å². The van der Waals surface area contributed by atoms with Crippen LogP contribution in [0.5, 0.6) is 0 Å². The summed E-state index contributed by atoms with van der Waals surface area (Å²) in [5, 5.41) is 2.28. The quantitative estimate of drug-likeness (QED) is 0.768. The minimum atomic E-state index is -3.74. The predicted molar refractivity (Wildman–Crippen MR) is 89.8 cm³/mol. The van der Waals surface area contributed by atoms with Gasteiger partial charge in [0.25, 0.3) is 5.91 Å². The fourth-order valence-corrected chi connectivity index (χ4v) is 3.60. The number of halogens is 2. The molecule has 0 heterocycles. The van der Waals surface area contributed by atoms with E-state index in [9.17, 15) is 22.0 Å². The van der Waals surface area contributed by atoms with Gasteiger partial charge in [0.15, 0.2) is 0 Å². The van der Waals surface area contributed by atoms with Crippen LogP contribution >= 0.6 is 0 Å². The Hall–Kier alpha value is -2.32. The smallest absolute Gasteiger partial charge is 0.257 e. The normalized spacial score (nSPS) is 11.4. The van der Waals surface area contributed by atoms with Crippen LogP contribution in [-0.2, 0) is 10.0 Å². The van der Waals surface area contributed by atoms with Gasteiger partial charge in [-0.2, -0.15) is 0 Å². The van der Waals surface area contributed by atoms with E-state index in [2.05, 4.69) is 10.0 Å². The maximum Gasteiger partial charge on any atom is 0.257 e. The standard InChI is InChI=1S/C17H18F2N2O3S/c1-11-6-7-12(2)15(10-11)25(23,24)21-9-8-20-17(22)16-13(18)4-3-5-14(16)19/h3-7,10,21H,8-9H2,1-2H3,(H,20,22). The molecule has 0 spiro atoms. The average Bonchev–Trinajstić information content (AvgIpc) is 2.53. The Kier molecular flexibility index (Phi) is 5.86. The number of sulfonamides is 1. The van der Waals surface area contributed by atoms with Gasteiger partial charge in [-0.3, -0.25) is 4.79 Å². The zero-order chi connectivity index (χ0) is 18.6. The number of carbonyl (C=O) groups is 1. The van der Waals surface area contributed by atoms with Crippen molar-refractivity contribution in [2.45, 2.75) is 18.7 Å². The van der Waals surface area contributed by atoms with Gasteiger partial charge >= 0.3 is 0 Å². The molecule has 1 amide bonds. The van der Waals surface area contributed by atoms with Crippen molar-refractivity contribution in [2.75, 3.05) is 13.1 Å². The van der Waals surface area contributed by atoms with Crippen LogP contribution in [-0.4, -0.2) is 27.4 Å². The zero-order valence-corrected chi connectivity index (χ0v) is 14.6. The molecular weight excluding hydrogens is 350 g/mol. The summed E-state index contributed by atoms with van der Waals surface area (Å²) in [6.07, 6.45) is 0. The van der Waals surface area contributed by atoms with Crippen molar-refractivity contribution in [3.63, 3.8) is 0 Å². The van der Waals surface area contributed by atoms with Gasteiger partial charge in [0.05, 0.1) is 4.90 Å². The molecule has 2 aromatic carbocycles. The summed E-state index contributed by atoms with van der Waals surface area (Å²) < 4.78 is 53.9. The van der Waals surface area contributed by atoms with Crippen molar-refractivity contribution in [1.82, 2.24) is 10.0 Å². The van der Waals surface area contributed by atoms with Gasteiger partial charge in [0.1, 0.15) is 17.2 Å². The second-order valence-electron chi connectivity index (χ2n) is 5.52. The molecule has 0 saturated carbocycles. The van der Waals surface area contributed by atoms with Gasteiger partial charge in [0.2, 0.25) is 10.0 Å². The summed E-state index contributed by atoms with van der Waals surface area (Å²) in [7, 11) is -3.74. The Labute approximate surface area is 145 Å². The number of amides is 1. The lowest BCUT2D eigenvalue weighted by Gasteiger charge is -2.11. The molecule has 25 heavy (non-hydrogen) atoms. The molecule has 0 aliphatic carbocycles. The van der Waals surface area contributed by atoms with Crippen molar-refractivity contribution < 1.29 is 22.0 Å². The summed E-state index contributed by atoms with van der Waals surface area (Å²) in [6.45, 7) is 3.23. The molecule has 0 aromatic heterocycles. The van der Waals surface area contributed by atoms with Crippen molar-refractivity contribution in [1.29, 1.82) is 0 Å². The lowest BCUT2D eigenvalue weighted by atomic mass is 10.2. The summed E-state index contributed by atoms with van der Waals surface area (Å²) in [4.78, 5) is 12.0. The first-order chi connectivity index (χ1) is 11.7. The van der Waals surface area contributed by atoms with Crippen LogP contribution in [0.15, 0.2) is 41.3 Å². The largest absolute Gasteiger partial charge is 0.351 e. The van der Waals surface area contributed by atoms with E-state index in [0.717, 1.165) is 23.8 Å². The molecular formula is C17H18F2N2O3S. The van der Waals surface area contributed by atoms with Crippen LogP contribution < -0.4 is 10.0 Å². The van der Waals surface area contributed by atoms with Gasteiger partial charge in [-0.1, -0.05) is 18.2 Å². The van der Waals surface area contributed by atoms with Crippen LogP contribution in [0.1, 0.15) is 21.5 Å². The maximum atomic E-state index is 13.5. The highest BCUT2D eigenvalue weighted by Crippen LogP contribution is 2.16. The van der Waals surface area contributed by atoms with Gasteiger partial charge in [-0.15, -0.1) is 0 Å². The maximum absolute atomic E-state index is 13.5. The lowest BCUT2D eigenvalue weighted by molar-refractivity contribution is 0.0946. The lowest BCUT2D eigenvalue weighted by Crippen LogP contribution is -2.35.